The van der Waals surface area contributed by atoms with E-state index in [0.717, 1.165) is 18.7 Å². The van der Waals surface area contributed by atoms with E-state index in [0.29, 0.717) is 6.54 Å². The summed E-state index contributed by atoms with van der Waals surface area (Å²) in [5.41, 5.74) is 4.95. The van der Waals surface area contributed by atoms with Gasteiger partial charge in [0.2, 0.25) is 5.91 Å². The zero-order valence-electron chi connectivity index (χ0n) is 13.2. The lowest BCUT2D eigenvalue weighted by Crippen LogP contribution is -2.31. The van der Waals surface area contributed by atoms with Gasteiger partial charge in [0.05, 0.1) is 6.54 Å². The van der Waals surface area contributed by atoms with Gasteiger partial charge in [-0.1, -0.05) is 29.3 Å². The predicted molar refractivity (Wildman–Crippen MR) is 88.6 cm³/mol. The third-order valence-corrected chi connectivity index (χ3v) is 3.97. The Kier molecular flexibility index (Phi) is 5.85. The number of hydrogen-bond acceptors (Lipinski definition) is 2. The molecule has 1 amide bonds. The molecule has 2 rings (SSSR count). The molecule has 0 heterocycles. The van der Waals surface area contributed by atoms with E-state index in [1.54, 1.807) is 0 Å². The molecule has 1 aromatic carbocycles. The molecule has 3 heteroatoms. The van der Waals surface area contributed by atoms with Crippen LogP contribution in [0.4, 0.5) is 5.69 Å². The Balaban J connectivity index is 1.68. The molecule has 21 heavy (non-hydrogen) atoms. The minimum Gasteiger partial charge on any atom is -0.376 e. The van der Waals surface area contributed by atoms with Gasteiger partial charge in [-0.15, -0.1) is 0 Å². The van der Waals surface area contributed by atoms with Crippen molar-refractivity contribution in [1.82, 2.24) is 5.32 Å². The van der Waals surface area contributed by atoms with Crippen molar-refractivity contribution in [1.29, 1.82) is 0 Å². The van der Waals surface area contributed by atoms with Gasteiger partial charge in [0.1, 0.15) is 0 Å². The second kappa shape index (κ2) is 7.87. The maximum absolute atomic E-state index is 11.8. The lowest BCUT2D eigenvalue weighted by molar-refractivity contribution is -0.119. The van der Waals surface area contributed by atoms with Crippen LogP contribution in [0.25, 0.3) is 0 Å². The van der Waals surface area contributed by atoms with E-state index in [-0.39, 0.29) is 5.91 Å². The summed E-state index contributed by atoms with van der Waals surface area (Å²) < 4.78 is 0. The van der Waals surface area contributed by atoms with E-state index in [9.17, 15) is 4.79 Å². The SMILES string of the molecule is Cc1ccc(NCC(=O)NCCC2=CCCCC2)c(C)c1. The van der Waals surface area contributed by atoms with Gasteiger partial charge in [0, 0.05) is 12.2 Å². The van der Waals surface area contributed by atoms with Crippen LogP contribution in [0.2, 0.25) is 0 Å². The molecular formula is C18H26N2O. The third-order valence-electron chi connectivity index (χ3n) is 3.97. The molecule has 0 spiro atoms. The number of anilines is 1. The molecule has 0 bridgehead atoms. The van der Waals surface area contributed by atoms with Gasteiger partial charge in [-0.05, 0) is 57.6 Å². The highest BCUT2D eigenvalue weighted by atomic mass is 16.1. The molecule has 1 aliphatic rings. The van der Waals surface area contributed by atoms with Gasteiger partial charge in [0.15, 0.2) is 0 Å². The lowest BCUT2D eigenvalue weighted by Gasteiger charge is -2.13. The van der Waals surface area contributed by atoms with Crippen LogP contribution in [0.15, 0.2) is 29.8 Å². The molecular weight excluding hydrogens is 260 g/mol. The molecule has 0 aromatic heterocycles. The van der Waals surface area contributed by atoms with Crippen molar-refractivity contribution in [2.75, 3.05) is 18.4 Å². The topological polar surface area (TPSA) is 41.1 Å². The van der Waals surface area contributed by atoms with Crippen LogP contribution in [0.1, 0.15) is 43.2 Å². The molecule has 0 aliphatic heterocycles. The summed E-state index contributed by atoms with van der Waals surface area (Å²) in [6, 6.07) is 6.21. The molecule has 114 valence electrons. The summed E-state index contributed by atoms with van der Waals surface area (Å²) in [4.78, 5) is 11.8. The maximum atomic E-state index is 11.8. The van der Waals surface area contributed by atoms with Crippen LogP contribution >= 0.6 is 0 Å². The molecule has 0 radical (unpaired) electrons. The summed E-state index contributed by atoms with van der Waals surface area (Å²) in [5.74, 6) is 0.0615. The molecule has 0 unspecified atom stereocenters. The Morgan fingerprint density at radius 2 is 2.10 bits per heavy atom. The third kappa shape index (κ3) is 5.25. The summed E-state index contributed by atoms with van der Waals surface area (Å²) in [5, 5.41) is 6.19. The van der Waals surface area contributed by atoms with Crippen LogP contribution in [-0.2, 0) is 4.79 Å². The fourth-order valence-electron chi connectivity index (χ4n) is 2.74. The monoisotopic (exact) mass is 286 g/mol. The van der Waals surface area contributed by atoms with Gasteiger partial charge in [-0.3, -0.25) is 4.79 Å². The second-order valence-electron chi connectivity index (χ2n) is 5.88. The number of nitrogens with one attached hydrogen (secondary N) is 2. The summed E-state index contributed by atoms with van der Waals surface area (Å²) in [7, 11) is 0. The van der Waals surface area contributed by atoms with Crippen molar-refractivity contribution in [2.24, 2.45) is 0 Å². The first-order valence-electron chi connectivity index (χ1n) is 7.91. The molecule has 2 N–H and O–H groups in total. The molecule has 0 saturated carbocycles. The standard InChI is InChI=1S/C18H26N2O/c1-14-8-9-17(15(2)12-14)20-13-18(21)19-11-10-16-6-4-3-5-7-16/h6,8-9,12,20H,3-5,7,10-11,13H2,1-2H3,(H,19,21). The molecule has 0 atom stereocenters. The summed E-state index contributed by atoms with van der Waals surface area (Å²) in [6.45, 7) is 5.22. The van der Waals surface area contributed by atoms with E-state index in [2.05, 4.69) is 42.7 Å². The van der Waals surface area contributed by atoms with E-state index in [1.165, 1.54) is 42.4 Å². The van der Waals surface area contributed by atoms with Crippen molar-refractivity contribution in [2.45, 2.75) is 46.0 Å². The largest absolute Gasteiger partial charge is 0.376 e. The average molecular weight is 286 g/mol. The van der Waals surface area contributed by atoms with Gasteiger partial charge in [0.25, 0.3) is 0 Å². The Labute approximate surface area is 127 Å². The number of benzene rings is 1. The van der Waals surface area contributed by atoms with Gasteiger partial charge >= 0.3 is 0 Å². The first-order valence-corrected chi connectivity index (χ1v) is 7.91. The van der Waals surface area contributed by atoms with Gasteiger partial charge in [-0.25, -0.2) is 0 Å². The zero-order valence-corrected chi connectivity index (χ0v) is 13.2. The van der Waals surface area contributed by atoms with Crippen molar-refractivity contribution >= 4 is 11.6 Å². The number of aryl methyl sites for hydroxylation is 2. The van der Waals surface area contributed by atoms with Crippen LogP contribution in [-0.4, -0.2) is 19.0 Å². The van der Waals surface area contributed by atoms with Crippen molar-refractivity contribution in [3.8, 4) is 0 Å². The fourth-order valence-corrected chi connectivity index (χ4v) is 2.74. The first kappa shape index (κ1) is 15.6. The highest BCUT2D eigenvalue weighted by Crippen LogP contribution is 2.19. The fraction of sp³-hybridized carbons (Fsp3) is 0.500. The molecule has 0 fully saturated rings. The van der Waals surface area contributed by atoms with Crippen molar-refractivity contribution in [3.63, 3.8) is 0 Å². The lowest BCUT2D eigenvalue weighted by atomic mass is 9.97. The zero-order chi connectivity index (χ0) is 15.1. The predicted octanol–water partition coefficient (Wildman–Crippen LogP) is 3.72. The van der Waals surface area contributed by atoms with Crippen LogP contribution in [0.3, 0.4) is 0 Å². The second-order valence-corrected chi connectivity index (χ2v) is 5.88. The maximum Gasteiger partial charge on any atom is 0.239 e. The number of rotatable bonds is 6. The Bertz CT molecular complexity index is 520. The minimum absolute atomic E-state index is 0.0615. The smallest absolute Gasteiger partial charge is 0.239 e. The molecule has 1 aliphatic carbocycles. The Morgan fingerprint density at radius 1 is 1.24 bits per heavy atom. The molecule has 1 aromatic rings. The van der Waals surface area contributed by atoms with Crippen LogP contribution < -0.4 is 10.6 Å². The molecule has 3 nitrogen and oxygen atoms in total. The van der Waals surface area contributed by atoms with Gasteiger partial charge < -0.3 is 10.6 Å². The van der Waals surface area contributed by atoms with Crippen LogP contribution in [0, 0.1) is 13.8 Å². The first-order chi connectivity index (χ1) is 10.1. The van der Waals surface area contributed by atoms with Crippen LogP contribution in [0.5, 0.6) is 0 Å². The van der Waals surface area contributed by atoms with Crippen molar-refractivity contribution < 1.29 is 4.79 Å². The Hall–Kier alpha value is -1.77. The highest BCUT2D eigenvalue weighted by Gasteiger charge is 2.05. The van der Waals surface area contributed by atoms with Crippen molar-refractivity contribution in [3.05, 3.63) is 41.0 Å². The van der Waals surface area contributed by atoms with E-state index in [4.69, 9.17) is 0 Å². The molecule has 0 saturated heterocycles. The summed E-state index contributed by atoms with van der Waals surface area (Å²) in [6.07, 6.45) is 8.36. The normalized spacial score (nSPS) is 14.5. The number of carbonyl (C=O) groups is 1. The number of carbonyl (C=O) groups excluding carboxylic acids is 1. The number of hydrogen-bond donors (Lipinski definition) is 2. The quantitative estimate of drug-likeness (QED) is 0.783. The van der Waals surface area contributed by atoms with E-state index in [1.807, 2.05) is 6.07 Å². The van der Waals surface area contributed by atoms with E-state index < -0.39 is 0 Å². The minimum atomic E-state index is 0.0615. The van der Waals surface area contributed by atoms with E-state index >= 15 is 0 Å². The Morgan fingerprint density at radius 3 is 2.81 bits per heavy atom. The average Bonchev–Trinajstić information content (AvgIpc) is 2.47. The van der Waals surface area contributed by atoms with Gasteiger partial charge in [-0.2, -0.15) is 0 Å². The number of amides is 1. The highest BCUT2D eigenvalue weighted by molar-refractivity contribution is 5.80. The number of allylic oxidation sites excluding steroid dienone is 1. The summed E-state index contributed by atoms with van der Waals surface area (Å²) >= 11 is 0.